The number of piperazine rings is 1. The topological polar surface area (TPSA) is 41.4 Å². The molecule has 30 heavy (non-hydrogen) atoms. The fraction of sp³-hybridized carbons (Fsp3) is 0.333. The van der Waals surface area contributed by atoms with E-state index in [-0.39, 0.29) is 0 Å². The number of rotatable bonds is 5. The number of fused-ring (bicyclic) bond motifs is 1. The van der Waals surface area contributed by atoms with E-state index >= 15 is 0 Å². The zero-order valence-corrected chi connectivity index (χ0v) is 16.1. The smallest absolute Gasteiger partial charge is 0.261 e. The zero-order chi connectivity index (χ0) is 21.3. The van der Waals surface area contributed by atoms with Crippen LogP contribution in [-0.4, -0.2) is 47.1 Å². The minimum absolute atomic E-state index is 0.294. The monoisotopic (exact) mass is 420 g/mol. The van der Waals surface area contributed by atoms with Crippen molar-refractivity contribution in [1.29, 1.82) is 0 Å². The maximum Gasteiger partial charge on any atom is 0.261 e. The summed E-state index contributed by atoms with van der Waals surface area (Å²) >= 11 is 0. The van der Waals surface area contributed by atoms with Crippen LogP contribution in [0.15, 0.2) is 47.5 Å². The fourth-order valence-electron chi connectivity index (χ4n) is 3.69. The van der Waals surface area contributed by atoms with Crippen molar-refractivity contribution >= 4 is 16.6 Å². The van der Waals surface area contributed by atoms with Crippen molar-refractivity contribution in [1.82, 2.24) is 14.5 Å². The highest BCUT2D eigenvalue weighted by Gasteiger charge is 2.19. The van der Waals surface area contributed by atoms with Gasteiger partial charge in [-0.1, -0.05) is 0 Å². The molecular weight excluding hydrogens is 400 g/mol. The largest absolute Gasteiger partial charge is 0.369 e. The van der Waals surface area contributed by atoms with Gasteiger partial charge in [0, 0.05) is 44.0 Å². The first-order valence-corrected chi connectivity index (χ1v) is 9.59. The number of hydrogen-bond donors (Lipinski definition) is 0. The second-order valence-electron chi connectivity index (χ2n) is 7.29. The molecule has 0 bridgehead atoms. The Morgan fingerprint density at radius 1 is 1.00 bits per heavy atom. The Hall–Kier alpha value is -2.94. The van der Waals surface area contributed by atoms with Crippen LogP contribution in [-0.2, 0) is 13.1 Å². The molecule has 158 valence electrons. The molecule has 0 spiro atoms. The van der Waals surface area contributed by atoms with Gasteiger partial charge in [-0.05, 0) is 36.4 Å². The lowest BCUT2D eigenvalue weighted by molar-refractivity contribution is 0.125. The number of alkyl halides is 2. The molecule has 0 amide bonds. The van der Waals surface area contributed by atoms with E-state index in [2.05, 4.69) is 14.8 Å². The van der Waals surface area contributed by atoms with Gasteiger partial charge in [-0.3, -0.25) is 14.3 Å². The average molecular weight is 420 g/mol. The highest BCUT2D eigenvalue weighted by Crippen LogP contribution is 2.21. The van der Waals surface area contributed by atoms with E-state index in [0.717, 1.165) is 28.7 Å². The second-order valence-corrected chi connectivity index (χ2v) is 7.29. The Kier molecular flexibility index (Phi) is 5.72. The van der Waals surface area contributed by atoms with Gasteiger partial charge in [0.05, 0.1) is 23.8 Å². The van der Waals surface area contributed by atoms with Crippen LogP contribution in [0.3, 0.4) is 0 Å². The summed E-state index contributed by atoms with van der Waals surface area (Å²) in [6, 6.07) is 8.62. The standard InChI is InChI=1S/C21H20F4N4O/c22-15-1-4-18(23)14(9-15)11-27-5-7-28(8-6-27)16-2-3-17-19(10-16)26-13-29(21(17)30)12-20(24)25/h1-4,9-10,13,20H,5-8,11-12H2. The number of benzene rings is 2. The molecule has 9 heteroatoms. The third-order valence-electron chi connectivity index (χ3n) is 5.28. The molecular formula is C21H20F4N4O. The van der Waals surface area contributed by atoms with Crippen LogP contribution in [0.1, 0.15) is 5.56 Å². The molecule has 2 heterocycles. The summed E-state index contributed by atoms with van der Waals surface area (Å²) in [7, 11) is 0. The van der Waals surface area contributed by atoms with Crippen LogP contribution in [0, 0.1) is 11.6 Å². The first-order chi connectivity index (χ1) is 14.4. The number of nitrogens with zero attached hydrogens (tertiary/aromatic N) is 4. The Labute approximate surface area is 170 Å². The van der Waals surface area contributed by atoms with Crippen molar-refractivity contribution in [2.24, 2.45) is 0 Å². The maximum absolute atomic E-state index is 13.9. The predicted octanol–water partition coefficient (Wildman–Crippen LogP) is 3.26. The molecule has 1 fully saturated rings. The van der Waals surface area contributed by atoms with E-state index in [1.165, 1.54) is 6.07 Å². The van der Waals surface area contributed by atoms with Gasteiger partial charge >= 0.3 is 0 Å². The lowest BCUT2D eigenvalue weighted by Crippen LogP contribution is -2.46. The fourth-order valence-corrected chi connectivity index (χ4v) is 3.69. The minimum atomic E-state index is -2.63. The molecule has 0 radical (unpaired) electrons. The van der Waals surface area contributed by atoms with Gasteiger partial charge in [0.2, 0.25) is 0 Å². The highest BCUT2D eigenvalue weighted by atomic mass is 19.3. The lowest BCUT2D eigenvalue weighted by Gasteiger charge is -2.36. The number of anilines is 1. The van der Waals surface area contributed by atoms with Crippen molar-refractivity contribution in [3.05, 3.63) is 70.3 Å². The van der Waals surface area contributed by atoms with Gasteiger partial charge in [0.25, 0.3) is 12.0 Å². The molecule has 1 aromatic heterocycles. The van der Waals surface area contributed by atoms with Crippen LogP contribution in [0.4, 0.5) is 23.2 Å². The van der Waals surface area contributed by atoms with Crippen LogP contribution in [0.2, 0.25) is 0 Å². The Morgan fingerprint density at radius 3 is 2.50 bits per heavy atom. The molecule has 1 aliphatic heterocycles. The molecule has 0 N–H and O–H groups in total. The summed E-state index contributed by atoms with van der Waals surface area (Å²) in [5.74, 6) is -0.877. The minimum Gasteiger partial charge on any atom is -0.369 e. The normalized spacial score (nSPS) is 15.3. The quantitative estimate of drug-likeness (QED) is 0.595. The van der Waals surface area contributed by atoms with E-state index < -0.39 is 30.2 Å². The van der Waals surface area contributed by atoms with E-state index in [1.807, 2.05) is 0 Å². The lowest BCUT2D eigenvalue weighted by atomic mass is 10.1. The van der Waals surface area contributed by atoms with E-state index in [9.17, 15) is 22.4 Å². The third-order valence-corrected chi connectivity index (χ3v) is 5.28. The molecule has 5 nitrogen and oxygen atoms in total. The molecule has 1 aliphatic rings. The third kappa shape index (κ3) is 4.30. The summed E-state index contributed by atoms with van der Waals surface area (Å²) < 4.78 is 53.3. The molecule has 0 atom stereocenters. The van der Waals surface area contributed by atoms with Gasteiger partial charge in [-0.15, -0.1) is 0 Å². The summed E-state index contributed by atoms with van der Waals surface area (Å²) in [6.45, 7) is 2.32. The Balaban J connectivity index is 1.45. The van der Waals surface area contributed by atoms with E-state index in [0.29, 0.717) is 49.2 Å². The SMILES string of the molecule is O=c1c2ccc(N3CCN(Cc4cc(F)ccc4F)CC3)cc2ncn1CC(F)F. The average Bonchev–Trinajstić information content (AvgIpc) is 2.73. The first kappa shape index (κ1) is 20.3. The first-order valence-electron chi connectivity index (χ1n) is 9.59. The van der Waals surface area contributed by atoms with Crippen LogP contribution in [0.5, 0.6) is 0 Å². The van der Waals surface area contributed by atoms with Crippen molar-refractivity contribution < 1.29 is 17.6 Å². The molecule has 0 aliphatic carbocycles. The van der Waals surface area contributed by atoms with E-state index in [1.54, 1.807) is 18.2 Å². The van der Waals surface area contributed by atoms with E-state index in [4.69, 9.17) is 0 Å². The molecule has 3 aromatic rings. The predicted molar refractivity (Wildman–Crippen MR) is 106 cm³/mol. The second kappa shape index (κ2) is 8.43. The van der Waals surface area contributed by atoms with Gasteiger partial charge in [0.1, 0.15) is 11.6 Å². The summed E-state index contributed by atoms with van der Waals surface area (Å²) in [6.07, 6.45) is -1.48. The zero-order valence-electron chi connectivity index (χ0n) is 16.1. The Morgan fingerprint density at radius 2 is 1.77 bits per heavy atom. The molecule has 2 aromatic carbocycles. The summed E-state index contributed by atoms with van der Waals surface area (Å²) in [5, 5.41) is 0.294. The molecule has 0 saturated carbocycles. The highest BCUT2D eigenvalue weighted by molar-refractivity contribution is 5.81. The van der Waals surface area contributed by atoms with Crippen molar-refractivity contribution in [2.45, 2.75) is 19.5 Å². The van der Waals surface area contributed by atoms with Crippen LogP contribution in [0.25, 0.3) is 10.9 Å². The van der Waals surface area contributed by atoms with Crippen molar-refractivity contribution in [2.75, 3.05) is 31.1 Å². The van der Waals surface area contributed by atoms with Crippen molar-refractivity contribution in [3.8, 4) is 0 Å². The van der Waals surface area contributed by atoms with Gasteiger partial charge < -0.3 is 4.90 Å². The summed E-state index contributed by atoms with van der Waals surface area (Å²) in [5.41, 5.74) is 1.16. The van der Waals surface area contributed by atoms with Crippen molar-refractivity contribution in [3.63, 3.8) is 0 Å². The van der Waals surface area contributed by atoms with Gasteiger partial charge in [0.15, 0.2) is 0 Å². The maximum atomic E-state index is 13.9. The Bertz CT molecular complexity index is 1110. The number of halogens is 4. The van der Waals surface area contributed by atoms with Crippen LogP contribution >= 0.6 is 0 Å². The molecule has 1 saturated heterocycles. The number of hydrogen-bond acceptors (Lipinski definition) is 4. The number of aromatic nitrogens is 2. The van der Waals surface area contributed by atoms with Gasteiger partial charge in [-0.25, -0.2) is 22.5 Å². The van der Waals surface area contributed by atoms with Gasteiger partial charge in [-0.2, -0.15) is 0 Å². The summed E-state index contributed by atoms with van der Waals surface area (Å²) in [4.78, 5) is 20.7. The van der Waals surface area contributed by atoms with Crippen LogP contribution < -0.4 is 10.5 Å². The molecule has 4 rings (SSSR count). The molecule has 0 unspecified atom stereocenters.